The zero-order valence-electron chi connectivity index (χ0n) is 9.63. The molecule has 0 fully saturated rings. The van der Waals surface area contributed by atoms with Crippen LogP contribution in [0.4, 0.5) is 5.82 Å². The van der Waals surface area contributed by atoms with Gasteiger partial charge in [0.1, 0.15) is 12.1 Å². The lowest BCUT2D eigenvalue weighted by molar-refractivity contribution is 0.308. The first-order chi connectivity index (χ1) is 8.38. The molecule has 2 aromatic rings. The van der Waals surface area contributed by atoms with Gasteiger partial charge in [-0.05, 0) is 12.1 Å². The number of rotatable bonds is 5. The molecular weight excluding hydrogens is 216 g/mol. The van der Waals surface area contributed by atoms with Crippen LogP contribution in [-0.4, -0.2) is 28.6 Å². The molecule has 0 saturated carbocycles. The fourth-order valence-corrected chi connectivity index (χ4v) is 1.36. The molecule has 0 radical (unpaired) electrons. The van der Waals surface area contributed by atoms with Gasteiger partial charge >= 0.3 is 0 Å². The van der Waals surface area contributed by atoms with E-state index in [4.69, 9.17) is 4.74 Å². The van der Waals surface area contributed by atoms with Gasteiger partial charge in [-0.2, -0.15) is 0 Å². The fraction of sp³-hybridized carbons (Fsp3) is 0.250. The Morgan fingerprint density at radius 3 is 2.94 bits per heavy atom. The summed E-state index contributed by atoms with van der Waals surface area (Å²) in [5.41, 5.74) is 1.01. The van der Waals surface area contributed by atoms with Gasteiger partial charge < -0.3 is 10.1 Å². The summed E-state index contributed by atoms with van der Waals surface area (Å²) in [6, 6.07) is 7.60. The lowest BCUT2D eigenvalue weighted by atomic mass is 10.3. The van der Waals surface area contributed by atoms with Crippen LogP contribution in [0, 0.1) is 0 Å². The van der Waals surface area contributed by atoms with Gasteiger partial charge in [0.15, 0.2) is 0 Å². The van der Waals surface area contributed by atoms with Gasteiger partial charge in [-0.1, -0.05) is 6.07 Å². The second-order valence-corrected chi connectivity index (χ2v) is 3.41. The van der Waals surface area contributed by atoms with E-state index in [1.807, 2.05) is 18.2 Å². The van der Waals surface area contributed by atoms with E-state index in [2.05, 4.69) is 20.3 Å². The highest BCUT2D eigenvalue weighted by atomic mass is 16.5. The molecule has 0 saturated heterocycles. The average Bonchev–Trinajstić information content (AvgIpc) is 2.40. The highest BCUT2D eigenvalue weighted by Gasteiger charge is 1.99. The average molecular weight is 230 g/mol. The summed E-state index contributed by atoms with van der Waals surface area (Å²) in [6.07, 6.45) is 4.01. The second-order valence-electron chi connectivity index (χ2n) is 3.41. The standard InChI is InChI=1S/C12H14N4O/c1-13-11-8-12(16-9-15-11)17-7-5-10-4-2-3-6-14-10/h2-4,6,8-9H,5,7H2,1H3,(H,13,15,16). The maximum absolute atomic E-state index is 5.52. The molecule has 88 valence electrons. The SMILES string of the molecule is CNc1cc(OCCc2ccccn2)ncn1. The van der Waals surface area contributed by atoms with E-state index in [1.54, 1.807) is 19.3 Å². The van der Waals surface area contributed by atoms with Crippen molar-refractivity contribution in [3.8, 4) is 5.88 Å². The largest absolute Gasteiger partial charge is 0.477 e. The second kappa shape index (κ2) is 5.79. The number of pyridine rings is 1. The number of hydrogen-bond donors (Lipinski definition) is 1. The van der Waals surface area contributed by atoms with Gasteiger partial charge in [0, 0.05) is 31.4 Å². The Kier molecular flexibility index (Phi) is 3.85. The van der Waals surface area contributed by atoms with Crippen molar-refractivity contribution in [2.45, 2.75) is 6.42 Å². The summed E-state index contributed by atoms with van der Waals surface area (Å²) in [6.45, 7) is 0.553. The summed E-state index contributed by atoms with van der Waals surface area (Å²) in [5, 5.41) is 2.93. The van der Waals surface area contributed by atoms with E-state index >= 15 is 0 Å². The molecule has 0 aliphatic carbocycles. The number of ether oxygens (including phenoxy) is 1. The van der Waals surface area contributed by atoms with Crippen LogP contribution in [0.15, 0.2) is 36.8 Å². The molecule has 0 bridgehead atoms. The Labute approximate surface area is 99.9 Å². The topological polar surface area (TPSA) is 59.9 Å². The van der Waals surface area contributed by atoms with Gasteiger partial charge in [0.05, 0.1) is 6.61 Å². The van der Waals surface area contributed by atoms with E-state index in [-0.39, 0.29) is 0 Å². The predicted octanol–water partition coefficient (Wildman–Crippen LogP) is 1.53. The van der Waals surface area contributed by atoms with Crippen molar-refractivity contribution in [2.75, 3.05) is 19.0 Å². The third kappa shape index (κ3) is 3.41. The molecule has 0 aliphatic heterocycles. The predicted molar refractivity (Wildman–Crippen MR) is 65.0 cm³/mol. The Balaban J connectivity index is 1.86. The minimum Gasteiger partial charge on any atom is -0.477 e. The highest BCUT2D eigenvalue weighted by molar-refractivity contribution is 5.35. The molecule has 0 aromatic carbocycles. The van der Waals surface area contributed by atoms with Crippen LogP contribution in [0.1, 0.15) is 5.69 Å². The first-order valence-electron chi connectivity index (χ1n) is 5.41. The Hall–Kier alpha value is -2.17. The van der Waals surface area contributed by atoms with Gasteiger partial charge in [-0.3, -0.25) is 4.98 Å². The van der Waals surface area contributed by atoms with Crippen LogP contribution in [0.5, 0.6) is 5.88 Å². The molecular formula is C12H14N4O. The molecule has 0 unspecified atom stereocenters. The lowest BCUT2D eigenvalue weighted by Crippen LogP contribution is -2.04. The summed E-state index contributed by atoms with van der Waals surface area (Å²) in [7, 11) is 1.81. The zero-order chi connectivity index (χ0) is 11.9. The van der Waals surface area contributed by atoms with E-state index in [9.17, 15) is 0 Å². The molecule has 5 nitrogen and oxygen atoms in total. The number of anilines is 1. The van der Waals surface area contributed by atoms with Crippen molar-refractivity contribution in [1.82, 2.24) is 15.0 Å². The molecule has 17 heavy (non-hydrogen) atoms. The Morgan fingerprint density at radius 2 is 2.18 bits per heavy atom. The third-order valence-electron chi connectivity index (χ3n) is 2.23. The molecule has 0 aliphatic rings. The summed E-state index contributed by atoms with van der Waals surface area (Å²) in [4.78, 5) is 12.3. The molecule has 2 rings (SSSR count). The molecule has 0 atom stereocenters. The molecule has 2 aromatic heterocycles. The first kappa shape index (κ1) is 11.3. The maximum atomic E-state index is 5.52. The highest BCUT2D eigenvalue weighted by Crippen LogP contribution is 2.10. The van der Waals surface area contributed by atoms with E-state index in [1.165, 1.54) is 6.33 Å². The quantitative estimate of drug-likeness (QED) is 0.844. The van der Waals surface area contributed by atoms with Crippen LogP contribution in [0.2, 0.25) is 0 Å². The smallest absolute Gasteiger partial charge is 0.218 e. The third-order valence-corrected chi connectivity index (χ3v) is 2.23. The van der Waals surface area contributed by atoms with Crippen molar-refractivity contribution in [2.24, 2.45) is 0 Å². The lowest BCUT2D eigenvalue weighted by Gasteiger charge is -2.05. The maximum Gasteiger partial charge on any atom is 0.218 e. The van der Waals surface area contributed by atoms with Crippen LogP contribution < -0.4 is 10.1 Å². The van der Waals surface area contributed by atoms with E-state index in [0.29, 0.717) is 12.5 Å². The molecule has 1 N–H and O–H groups in total. The van der Waals surface area contributed by atoms with Gasteiger partial charge in [0.2, 0.25) is 5.88 Å². The molecule has 2 heterocycles. The monoisotopic (exact) mass is 230 g/mol. The van der Waals surface area contributed by atoms with E-state index in [0.717, 1.165) is 17.9 Å². The minimum absolute atomic E-state index is 0.553. The summed E-state index contributed by atoms with van der Waals surface area (Å²) in [5.74, 6) is 1.31. The molecule has 5 heteroatoms. The fourth-order valence-electron chi connectivity index (χ4n) is 1.36. The van der Waals surface area contributed by atoms with Gasteiger partial charge in [-0.25, -0.2) is 9.97 Å². The summed E-state index contributed by atoms with van der Waals surface area (Å²) >= 11 is 0. The van der Waals surface area contributed by atoms with E-state index < -0.39 is 0 Å². The number of aromatic nitrogens is 3. The van der Waals surface area contributed by atoms with Gasteiger partial charge in [0.25, 0.3) is 0 Å². The van der Waals surface area contributed by atoms with Crippen LogP contribution in [-0.2, 0) is 6.42 Å². The van der Waals surface area contributed by atoms with Crippen molar-refractivity contribution >= 4 is 5.82 Å². The first-order valence-corrected chi connectivity index (χ1v) is 5.41. The van der Waals surface area contributed by atoms with Crippen molar-refractivity contribution < 1.29 is 4.74 Å². The van der Waals surface area contributed by atoms with Crippen molar-refractivity contribution in [3.63, 3.8) is 0 Å². The van der Waals surface area contributed by atoms with Crippen molar-refractivity contribution in [3.05, 3.63) is 42.5 Å². The van der Waals surface area contributed by atoms with Crippen LogP contribution in [0.3, 0.4) is 0 Å². The van der Waals surface area contributed by atoms with Crippen LogP contribution >= 0.6 is 0 Å². The summed E-state index contributed by atoms with van der Waals surface area (Å²) < 4.78 is 5.52. The molecule has 0 spiro atoms. The number of nitrogens with one attached hydrogen (secondary N) is 1. The Bertz CT molecular complexity index is 461. The number of nitrogens with zero attached hydrogens (tertiary/aromatic N) is 3. The molecule has 0 amide bonds. The normalized spacial score (nSPS) is 9.94. The number of hydrogen-bond acceptors (Lipinski definition) is 5. The van der Waals surface area contributed by atoms with Gasteiger partial charge in [-0.15, -0.1) is 0 Å². The van der Waals surface area contributed by atoms with Crippen LogP contribution in [0.25, 0.3) is 0 Å². The minimum atomic E-state index is 0.553. The zero-order valence-corrected chi connectivity index (χ0v) is 9.63. The van der Waals surface area contributed by atoms with Crippen molar-refractivity contribution in [1.29, 1.82) is 0 Å². The Morgan fingerprint density at radius 1 is 1.24 bits per heavy atom.